The normalized spacial score (nSPS) is 13.2. The molecule has 0 spiro atoms. The van der Waals surface area contributed by atoms with E-state index in [1.54, 1.807) is 0 Å². The summed E-state index contributed by atoms with van der Waals surface area (Å²) >= 11 is 0. The van der Waals surface area contributed by atoms with Crippen LogP contribution >= 0.6 is 0 Å². The minimum atomic E-state index is -0.826. The Bertz CT molecular complexity index is 1500. The van der Waals surface area contributed by atoms with Gasteiger partial charge >= 0.3 is 17.9 Å². The second-order valence-electron chi connectivity index (χ2n) is 17.4. The fraction of sp³-hybridized carbons (Fsp3) is 0.597. The zero-order valence-electron chi connectivity index (χ0n) is 43.6. The van der Waals surface area contributed by atoms with Crippen molar-refractivity contribution in [3.63, 3.8) is 0 Å². The molecule has 6 heteroatoms. The summed E-state index contributed by atoms with van der Waals surface area (Å²) in [4.78, 5) is 38.1. The van der Waals surface area contributed by atoms with E-state index in [0.717, 1.165) is 122 Å². The van der Waals surface area contributed by atoms with Crippen LogP contribution in [0.5, 0.6) is 0 Å². The Morgan fingerprint density at radius 3 is 1.07 bits per heavy atom. The Morgan fingerprint density at radius 2 is 0.647 bits per heavy atom. The van der Waals surface area contributed by atoms with Gasteiger partial charge in [0, 0.05) is 19.3 Å². The van der Waals surface area contributed by atoms with Crippen LogP contribution in [0.2, 0.25) is 0 Å². The summed E-state index contributed by atoms with van der Waals surface area (Å²) in [5.41, 5.74) is 0. The Morgan fingerprint density at radius 1 is 0.324 bits per heavy atom. The van der Waals surface area contributed by atoms with Gasteiger partial charge in [-0.3, -0.25) is 14.4 Å². The topological polar surface area (TPSA) is 78.9 Å². The predicted octanol–water partition coefficient (Wildman–Crippen LogP) is 18.3. The Kier molecular flexibility index (Phi) is 51.5. The van der Waals surface area contributed by atoms with Crippen LogP contribution in [0.15, 0.2) is 134 Å². The van der Waals surface area contributed by atoms with Gasteiger partial charge in [0.1, 0.15) is 13.2 Å². The van der Waals surface area contributed by atoms with E-state index in [9.17, 15) is 14.4 Å². The molecule has 0 rings (SSSR count). The number of hydrogen-bond donors (Lipinski definition) is 0. The molecular weight excluding hydrogens is 841 g/mol. The molecule has 0 N–H and O–H groups in total. The minimum Gasteiger partial charge on any atom is -0.462 e. The van der Waals surface area contributed by atoms with E-state index >= 15 is 0 Å². The first-order chi connectivity index (χ1) is 33.5. The third-order valence-electron chi connectivity index (χ3n) is 10.9. The predicted molar refractivity (Wildman–Crippen MR) is 292 cm³/mol. The lowest BCUT2D eigenvalue weighted by Gasteiger charge is -2.18. The number of carbonyl (C=O) groups excluding carboxylic acids is 3. The number of ether oxygens (including phenoxy) is 3. The largest absolute Gasteiger partial charge is 0.462 e. The van der Waals surface area contributed by atoms with Gasteiger partial charge in [0.2, 0.25) is 0 Å². The molecule has 0 heterocycles. The van der Waals surface area contributed by atoms with Crippen molar-refractivity contribution in [2.45, 2.75) is 226 Å². The monoisotopic (exact) mass is 939 g/mol. The van der Waals surface area contributed by atoms with E-state index in [-0.39, 0.29) is 44.0 Å². The maximum atomic E-state index is 12.8. The molecular formula is C62H98O6. The molecule has 0 aliphatic heterocycles. The van der Waals surface area contributed by atoms with E-state index in [1.165, 1.54) is 51.4 Å². The highest BCUT2D eigenvalue weighted by molar-refractivity contribution is 5.71. The molecule has 68 heavy (non-hydrogen) atoms. The number of allylic oxidation sites excluding steroid dienone is 22. The highest BCUT2D eigenvalue weighted by Gasteiger charge is 2.19. The third kappa shape index (κ3) is 52.5. The average Bonchev–Trinajstić information content (AvgIpc) is 3.34. The van der Waals surface area contributed by atoms with Gasteiger partial charge in [-0.05, 0) is 116 Å². The number of rotatable bonds is 47. The van der Waals surface area contributed by atoms with Crippen LogP contribution in [0, 0.1) is 0 Å². The molecule has 0 aliphatic carbocycles. The molecule has 382 valence electrons. The molecule has 0 aromatic carbocycles. The van der Waals surface area contributed by atoms with E-state index in [2.05, 4.69) is 142 Å². The molecule has 1 unspecified atom stereocenters. The lowest BCUT2D eigenvalue weighted by molar-refractivity contribution is -0.166. The number of esters is 3. The summed E-state index contributed by atoms with van der Waals surface area (Å²) in [6.45, 7) is 6.28. The van der Waals surface area contributed by atoms with Gasteiger partial charge in [-0.25, -0.2) is 0 Å². The smallest absolute Gasteiger partial charge is 0.306 e. The van der Waals surface area contributed by atoms with E-state index in [0.29, 0.717) is 12.8 Å². The summed E-state index contributed by atoms with van der Waals surface area (Å²) in [6.07, 6.45) is 77.3. The molecule has 0 amide bonds. The van der Waals surface area contributed by atoms with Gasteiger partial charge < -0.3 is 14.2 Å². The van der Waals surface area contributed by atoms with Crippen LogP contribution in [0.4, 0.5) is 0 Å². The molecule has 6 nitrogen and oxygen atoms in total. The first-order valence-electron chi connectivity index (χ1n) is 27.2. The van der Waals surface area contributed by atoms with Gasteiger partial charge in [0.15, 0.2) is 6.10 Å². The zero-order chi connectivity index (χ0) is 49.3. The maximum Gasteiger partial charge on any atom is 0.306 e. The second kappa shape index (κ2) is 55.1. The van der Waals surface area contributed by atoms with Gasteiger partial charge in [-0.15, -0.1) is 0 Å². The molecule has 0 saturated carbocycles. The van der Waals surface area contributed by atoms with Crippen LogP contribution in [0.3, 0.4) is 0 Å². The SMILES string of the molecule is CC/C=C\C/C=C\C/C=C\C/C=C\C/C=C\C/C=C\CCC(=O)OCC(COC(=O)CCCCCCCC/C=C\C=C/CCCCC)OC(=O)CCCCCCCC/C=C\C/C=C\C/C=C\CC. The summed E-state index contributed by atoms with van der Waals surface area (Å²) in [5.74, 6) is -1.04. The van der Waals surface area contributed by atoms with E-state index in [4.69, 9.17) is 14.2 Å². The van der Waals surface area contributed by atoms with E-state index in [1.807, 2.05) is 12.2 Å². The van der Waals surface area contributed by atoms with Crippen molar-refractivity contribution in [3.05, 3.63) is 134 Å². The molecule has 0 radical (unpaired) electrons. The van der Waals surface area contributed by atoms with Crippen molar-refractivity contribution < 1.29 is 28.6 Å². The molecule has 0 aromatic heterocycles. The number of carbonyl (C=O) groups is 3. The van der Waals surface area contributed by atoms with Crippen molar-refractivity contribution in [1.29, 1.82) is 0 Å². The summed E-state index contributed by atoms with van der Waals surface area (Å²) in [5, 5.41) is 0. The number of hydrogen-bond acceptors (Lipinski definition) is 6. The lowest BCUT2D eigenvalue weighted by Crippen LogP contribution is -2.30. The second-order valence-corrected chi connectivity index (χ2v) is 17.4. The summed E-state index contributed by atoms with van der Waals surface area (Å²) in [6, 6.07) is 0. The van der Waals surface area contributed by atoms with Crippen LogP contribution < -0.4 is 0 Å². The van der Waals surface area contributed by atoms with Crippen molar-refractivity contribution >= 4 is 17.9 Å². The molecule has 0 saturated heterocycles. The minimum absolute atomic E-state index is 0.118. The summed E-state index contributed by atoms with van der Waals surface area (Å²) in [7, 11) is 0. The Balaban J connectivity index is 4.57. The quantitative estimate of drug-likeness (QED) is 0.0199. The van der Waals surface area contributed by atoms with Gasteiger partial charge in [-0.1, -0.05) is 219 Å². The van der Waals surface area contributed by atoms with Crippen molar-refractivity contribution in [3.8, 4) is 0 Å². The maximum absolute atomic E-state index is 12.8. The molecule has 1 atom stereocenters. The summed E-state index contributed by atoms with van der Waals surface area (Å²) < 4.78 is 16.7. The van der Waals surface area contributed by atoms with Crippen molar-refractivity contribution in [2.24, 2.45) is 0 Å². The van der Waals surface area contributed by atoms with Crippen LogP contribution in [0.1, 0.15) is 220 Å². The Hall–Kier alpha value is -4.45. The average molecular weight is 939 g/mol. The zero-order valence-corrected chi connectivity index (χ0v) is 43.6. The van der Waals surface area contributed by atoms with Gasteiger partial charge in [0.05, 0.1) is 0 Å². The molecule has 0 fully saturated rings. The molecule has 0 aromatic rings. The fourth-order valence-corrected chi connectivity index (χ4v) is 6.88. The van der Waals surface area contributed by atoms with E-state index < -0.39 is 6.10 Å². The molecule has 0 bridgehead atoms. The molecule has 0 aliphatic rings. The van der Waals surface area contributed by atoms with Crippen LogP contribution in [0.25, 0.3) is 0 Å². The van der Waals surface area contributed by atoms with Crippen molar-refractivity contribution in [2.75, 3.05) is 13.2 Å². The first-order valence-corrected chi connectivity index (χ1v) is 27.2. The van der Waals surface area contributed by atoms with Crippen molar-refractivity contribution in [1.82, 2.24) is 0 Å². The van der Waals surface area contributed by atoms with Gasteiger partial charge in [0.25, 0.3) is 0 Å². The van der Waals surface area contributed by atoms with Crippen LogP contribution in [-0.2, 0) is 28.6 Å². The standard InChI is InChI=1S/C62H98O6/c1-4-7-10-13-16-19-22-25-28-30-31-32-35-37-40-43-46-49-52-55-61(64)67-58-59(57-66-60(63)54-51-48-45-42-39-36-33-27-24-21-18-15-12-9-6-3)68-62(65)56-53-50-47-44-41-38-34-29-26-23-20-17-14-11-8-5-2/h7-8,10-11,16-21,24-29,31-32,37,40,46,49,59H,4-6,9,12-15,22-23,30,33-36,38-39,41-45,47-48,50-58H2,1-3H3/b10-7-,11-8-,19-16-,20-17-,21-18-,27-24-,28-25-,29-26-,32-31-,40-37-,49-46-. The third-order valence-corrected chi connectivity index (χ3v) is 10.9. The number of unbranched alkanes of at least 4 members (excludes halogenated alkanes) is 15. The Labute approximate surface area is 417 Å². The first kappa shape index (κ1) is 63.5. The fourth-order valence-electron chi connectivity index (χ4n) is 6.88. The van der Waals surface area contributed by atoms with Gasteiger partial charge in [-0.2, -0.15) is 0 Å². The van der Waals surface area contributed by atoms with Crippen LogP contribution in [-0.4, -0.2) is 37.2 Å². The highest BCUT2D eigenvalue weighted by atomic mass is 16.6. The lowest BCUT2D eigenvalue weighted by atomic mass is 10.1. The highest BCUT2D eigenvalue weighted by Crippen LogP contribution is 2.13.